The highest BCUT2D eigenvalue weighted by molar-refractivity contribution is 6.06. The number of methoxy groups -OCH3 is 3. The lowest BCUT2D eigenvalue weighted by molar-refractivity contribution is 0.104. The zero-order valence-electron chi connectivity index (χ0n) is 15.4. The van der Waals surface area contributed by atoms with Gasteiger partial charge < -0.3 is 14.2 Å². The Labute approximate surface area is 157 Å². The van der Waals surface area contributed by atoms with E-state index in [4.69, 9.17) is 14.2 Å². The smallest absolute Gasteiger partial charge is 0.185 e. The second kappa shape index (κ2) is 8.23. The van der Waals surface area contributed by atoms with Crippen LogP contribution in [0.25, 0.3) is 17.3 Å². The lowest BCUT2D eigenvalue weighted by atomic mass is 10.1. The van der Waals surface area contributed by atoms with Crippen molar-refractivity contribution in [1.29, 1.82) is 0 Å². The average Bonchev–Trinajstić information content (AvgIpc) is 3.20. The maximum Gasteiger partial charge on any atom is 0.185 e. The van der Waals surface area contributed by atoms with Gasteiger partial charge in [-0.25, -0.2) is 0 Å². The molecule has 0 aliphatic rings. The Morgan fingerprint density at radius 1 is 0.889 bits per heavy atom. The van der Waals surface area contributed by atoms with Crippen molar-refractivity contribution in [3.63, 3.8) is 0 Å². The van der Waals surface area contributed by atoms with Gasteiger partial charge in [0.15, 0.2) is 5.78 Å². The minimum Gasteiger partial charge on any atom is -0.497 e. The molecule has 27 heavy (non-hydrogen) atoms. The molecule has 1 aromatic heterocycles. The van der Waals surface area contributed by atoms with Crippen LogP contribution in [0.4, 0.5) is 0 Å². The van der Waals surface area contributed by atoms with Crippen LogP contribution in [0.3, 0.4) is 0 Å². The summed E-state index contributed by atoms with van der Waals surface area (Å²) < 4.78 is 15.7. The number of carbonyl (C=O) groups is 1. The molecule has 0 saturated carbocycles. The number of rotatable bonds is 7. The number of carbonyl (C=O) groups excluding carboxylic acids is 1. The van der Waals surface area contributed by atoms with Gasteiger partial charge in [0.2, 0.25) is 0 Å². The van der Waals surface area contributed by atoms with Gasteiger partial charge in [-0.2, -0.15) is 5.10 Å². The van der Waals surface area contributed by atoms with Crippen molar-refractivity contribution in [2.24, 2.45) is 0 Å². The van der Waals surface area contributed by atoms with Gasteiger partial charge in [-0.15, -0.1) is 0 Å². The van der Waals surface area contributed by atoms with Crippen LogP contribution in [0.1, 0.15) is 16.1 Å². The number of ether oxygens (including phenoxy) is 3. The standard InChI is InChI=1S/C21H20N2O4/c1-25-17-7-4-14(5-8-17)21(24)9-6-16-12-20(23-22-16)15-10-18(26-2)13-19(11-15)27-3/h4-13H,1-3H3,(H,22,23). The van der Waals surface area contributed by atoms with Gasteiger partial charge in [0, 0.05) is 17.2 Å². The highest BCUT2D eigenvalue weighted by Gasteiger charge is 2.08. The summed E-state index contributed by atoms with van der Waals surface area (Å²) in [6.07, 6.45) is 3.20. The molecule has 3 aromatic rings. The van der Waals surface area contributed by atoms with Crippen LogP contribution < -0.4 is 14.2 Å². The monoisotopic (exact) mass is 364 g/mol. The second-order valence-corrected chi connectivity index (χ2v) is 5.74. The van der Waals surface area contributed by atoms with Crippen molar-refractivity contribution in [3.8, 4) is 28.5 Å². The summed E-state index contributed by atoms with van der Waals surface area (Å²) in [5, 5.41) is 7.21. The van der Waals surface area contributed by atoms with Crippen molar-refractivity contribution in [3.05, 3.63) is 65.9 Å². The molecule has 0 spiro atoms. The van der Waals surface area contributed by atoms with Gasteiger partial charge in [-0.1, -0.05) is 0 Å². The molecule has 0 aliphatic carbocycles. The van der Waals surface area contributed by atoms with Crippen LogP contribution in [0.5, 0.6) is 17.2 Å². The largest absolute Gasteiger partial charge is 0.497 e. The molecule has 0 bridgehead atoms. The van der Waals surface area contributed by atoms with Gasteiger partial charge in [-0.3, -0.25) is 9.89 Å². The number of aromatic nitrogens is 2. The first kappa shape index (κ1) is 18.3. The van der Waals surface area contributed by atoms with E-state index < -0.39 is 0 Å². The molecule has 0 saturated heterocycles. The first-order valence-corrected chi connectivity index (χ1v) is 8.28. The molecular weight excluding hydrogens is 344 g/mol. The molecule has 0 fully saturated rings. The predicted octanol–water partition coefficient (Wildman–Crippen LogP) is 4.00. The Morgan fingerprint density at radius 3 is 2.11 bits per heavy atom. The molecule has 0 atom stereocenters. The Morgan fingerprint density at radius 2 is 1.52 bits per heavy atom. The van der Waals surface area contributed by atoms with Gasteiger partial charge in [0.1, 0.15) is 17.2 Å². The minimum absolute atomic E-state index is 0.100. The van der Waals surface area contributed by atoms with Crippen LogP contribution in [0.15, 0.2) is 54.6 Å². The number of benzene rings is 2. The SMILES string of the molecule is COc1ccc(C(=O)C=Cc2cc(-c3cc(OC)cc(OC)c3)n[nH]2)cc1. The van der Waals surface area contributed by atoms with E-state index in [0.717, 1.165) is 11.3 Å². The molecular formula is C21H20N2O4. The zero-order chi connectivity index (χ0) is 19.2. The Balaban J connectivity index is 1.77. The third-order valence-corrected chi connectivity index (χ3v) is 4.03. The van der Waals surface area contributed by atoms with Gasteiger partial charge in [0.25, 0.3) is 0 Å². The number of ketones is 1. The summed E-state index contributed by atoms with van der Waals surface area (Å²) in [6.45, 7) is 0. The van der Waals surface area contributed by atoms with Crippen molar-refractivity contribution < 1.29 is 19.0 Å². The van der Waals surface area contributed by atoms with Gasteiger partial charge >= 0.3 is 0 Å². The van der Waals surface area contributed by atoms with E-state index in [1.165, 1.54) is 6.08 Å². The number of hydrogen-bond donors (Lipinski definition) is 1. The predicted molar refractivity (Wildman–Crippen MR) is 103 cm³/mol. The van der Waals surface area contributed by atoms with E-state index in [1.54, 1.807) is 57.7 Å². The molecule has 0 aliphatic heterocycles. The Hall–Kier alpha value is -3.54. The van der Waals surface area contributed by atoms with E-state index >= 15 is 0 Å². The van der Waals surface area contributed by atoms with E-state index in [9.17, 15) is 4.79 Å². The number of nitrogens with one attached hydrogen (secondary N) is 1. The second-order valence-electron chi connectivity index (χ2n) is 5.74. The lowest BCUT2D eigenvalue weighted by Gasteiger charge is -2.06. The summed E-state index contributed by atoms with van der Waals surface area (Å²) >= 11 is 0. The fourth-order valence-corrected chi connectivity index (χ4v) is 2.54. The molecule has 2 aromatic carbocycles. The fourth-order valence-electron chi connectivity index (χ4n) is 2.54. The number of hydrogen-bond acceptors (Lipinski definition) is 5. The summed E-state index contributed by atoms with van der Waals surface area (Å²) in [7, 11) is 4.79. The molecule has 3 rings (SSSR count). The van der Waals surface area contributed by atoms with Crippen LogP contribution in [-0.2, 0) is 0 Å². The van der Waals surface area contributed by atoms with Crippen molar-refractivity contribution >= 4 is 11.9 Å². The molecule has 6 nitrogen and oxygen atoms in total. The maximum atomic E-state index is 12.3. The van der Waals surface area contributed by atoms with E-state index in [-0.39, 0.29) is 5.78 Å². The number of aromatic amines is 1. The fraction of sp³-hybridized carbons (Fsp3) is 0.143. The average molecular weight is 364 g/mol. The number of allylic oxidation sites excluding steroid dienone is 1. The number of nitrogens with zero attached hydrogens (tertiary/aromatic N) is 1. The Kier molecular flexibility index (Phi) is 5.56. The first-order chi connectivity index (χ1) is 13.1. The van der Waals surface area contributed by atoms with Crippen LogP contribution in [0.2, 0.25) is 0 Å². The van der Waals surface area contributed by atoms with E-state index in [1.807, 2.05) is 18.2 Å². The minimum atomic E-state index is -0.100. The Bertz CT molecular complexity index is 936. The first-order valence-electron chi connectivity index (χ1n) is 8.28. The highest BCUT2D eigenvalue weighted by Crippen LogP contribution is 2.29. The third-order valence-electron chi connectivity index (χ3n) is 4.03. The van der Waals surface area contributed by atoms with Gasteiger partial charge in [-0.05, 0) is 54.6 Å². The van der Waals surface area contributed by atoms with Crippen molar-refractivity contribution in [2.75, 3.05) is 21.3 Å². The zero-order valence-corrected chi connectivity index (χ0v) is 15.4. The third kappa shape index (κ3) is 4.36. The van der Waals surface area contributed by atoms with E-state index in [2.05, 4.69) is 10.2 Å². The van der Waals surface area contributed by atoms with Crippen LogP contribution >= 0.6 is 0 Å². The highest BCUT2D eigenvalue weighted by atomic mass is 16.5. The topological polar surface area (TPSA) is 73.4 Å². The lowest BCUT2D eigenvalue weighted by Crippen LogP contribution is -1.94. The van der Waals surface area contributed by atoms with E-state index in [0.29, 0.717) is 28.5 Å². The molecule has 0 radical (unpaired) electrons. The summed E-state index contributed by atoms with van der Waals surface area (Å²) in [5.74, 6) is 1.97. The molecule has 138 valence electrons. The molecule has 0 amide bonds. The summed E-state index contributed by atoms with van der Waals surface area (Å²) in [5.41, 5.74) is 2.88. The molecule has 1 heterocycles. The number of H-pyrrole nitrogens is 1. The summed E-state index contributed by atoms with van der Waals surface area (Å²) in [4.78, 5) is 12.3. The quantitative estimate of drug-likeness (QED) is 0.507. The van der Waals surface area contributed by atoms with Crippen LogP contribution in [0, 0.1) is 0 Å². The molecule has 1 N–H and O–H groups in total. The van der Waals surface area contributed by atoms with Crippen LogP contribution in [-0.4, -0.2) is 37.3 Å². The summed E-state index contributed by atoms with van der Waals surface area (Å²) in [6, 6.07) is 14.4. The molecule has 0 unspecified atom stereocenters. The van der Waals surface area contributed by atoms with Crippen molar-refractivity contribution in [1.82, 2.24) is 10.2 Å². The van der Waals surface area contributed by atoms with Crippen molar-refractivity contribution in [2.45, 2.75) is 0 Å². The maximum absolute atomic E-state index is 12.3. The van der Waals surface area contributed by atoms with Gasteiger partial charge in [0.05, 0.1) is 32.7 Å². The molecule has 6 heteroatoms. The normalized spacial score (nSPS) is 10.8.